The summed E-state index contributed by atoms with van der Waals surface area (Å²) >= 11 is 0. The van der Waals surface area contributed by atoms with E-state index in [0.29, 0.717) is 18.4 Å². The van der Waals surface area contributed by atoms with Crippen molar-refractivity contribution in [3.8, 4) is 0 Å². The Morgan fingerprint density at radius 1 is 1.37 bits per heavy atom. The van der Waals surface area contributed by atoms with Gasteiger partial charge in [0.1, 0.15) is 0 Å². The van der Waals surface area contributed by atoms with Crippen LogP contribution in [0.2, 0.25) is 0 Å². The number of nitrogens with two attached hydrogens (primary N) is 1. The first-order valence-corrected chi connectivity index (χ1v) is 7.72. The van der Waals surface area contributed by atoms with Crippen LogP contribution in [0.5, 0.6) is 0 Å². The molecule has 2 rings (SSSR count). The third-order valence-corrected chi connectivity index (χ3v) is 4.64. The predicted molar refractivity (Wildman–Crippen MR) is 75.8 cm³/mol. The van der Waals surface area contributed by atoms with Crippen LogP contribution in [0.1, 0.15) is 58.3 Å². The quantitative estimate of drug-likeness (QED) is 0.819. The summed E-state index contributed by atoms with van der Waals surface area (Å²) in [4.78, 5) is 12.1. The van der Waals surface area contributed by atoms with Gasteiger partial charge >= 0.3 is 0 Å². The minimum Gasteiger partial charge on any atom is -0.381 e. The molecule has 2 atom stereocenters. The molecule has 0 aromatic heterocycles. The minimum absolute atomic E-state index is 0.0572. The van der Waals surface area contributed by atoms with Gasteiger partial charge in [-0.3, -0.25) is 4.79 Å². The second-order valence-electron chi connectivity index (χ2n) is 6.55. The number of ether oxygens (including phenoxy) is 1. The van der Waals surface area contributed by atoms with Crippen molar-refractivity contribution in [3.63, 3.8) is 0 Å². The van der Waals surface area contributed by atoms with Crippen LogP contribution < -0.4 is 11.1 Å². The van der Waals surface area contributed by atoms with Crippen LogP contribution in [0.15, 0.2) is 0 Å². The number of rotatable bonds is 4. The first-order valence-electron chi connectivity index (χ1n) is 7.72. The number of hydrogen-bond donors (Lipinski definition) is 2. The third kappa shape index (κ3) is 4.77. The van der Waals surface area contributed by atoms with E-state index >= 15 is 0 Å². The van der Waals surface area contributed by atoms with Gasteiger partial charge in [-0.2, -0.15) is 0 Å². The van der Waals surface area contributed by atoms with Crippen molar-refractivity contribution in [2.45, 2.75) is 69.9 Å². The van der Waals surface area contributed by atoms with Gasteiger partial charge in [0.05, 0.1) is 0 Å². The number of carbonyl (C=O) groups excluding carboxylic acids is 1. The van der Waals surface area contributed by atoms with Crippen molar-refractivity contribution in [1.29, 1.82) is 0 Å². The number of hydrogen-bond acceptors (Lipinski definition) is 3. The van der Waals surface area contributed by atoms with Gasteiger partial charge in [-0.05, 0) is 44.9 Å². The molecule has 19 heavy (non-hydrogen) atoms. The van der Waals surface area contributed by atoms with E-state index < -0.39 is 0 Å². The van der Waals surface area contributed by atoms with Crippen LogP contribution in [0.4, 0.5) is 0 Å². The van der Waals surface area contributed by atoms with Gasteiger partial charge in [-0.25, -0.2) is 0 Å². The van der Waals surface area contributed by atoms with E-state index in [2.05, 4.69) is 12.2 Å². The molecule has 2 fully saturated rings. The van der Waals surface area contributed by atoms with E-state index in [1.54, 1.807) is 0 Å². The Morgan fingerprint density at radius 3 is 2.79 bits per heavy atom. The highest BCUT2D eigenvalue weighted by Crippen LogP contribution is 2.27. The van der Waals surface area contributed by atoms with Crippen LogP contribution >= 0.6 is 0 Å². The number of amides is 1. The lowest BCUT2D eigenvalue weighted by molar-refractivity contribution is -0.124. The lowest BCUT2D eigenvalue weighted by Crippen LogP contribution is -2.49. The van der Waals surface area contributed by atoms with Crippen molar-refractivity contribution in [3.05, 3.63) is 0 Å². The molecule has 2 unspecified atom stereocenters. The summed E-state index contributed by atoms with van der Waals surface area (Å²) in [5, 5.41) is 3.20. The molecule has 0 aromatic rings. The second kappa shape index (κ2) is 6.71. The third-order valence-electron chi connectivity index (χ3n) is 4.64. The van der Waals surface area contributed by atoms with Gasteiger partial charge in [-0.1, -0.05) is 12.8 Å². The fraction of sp³-hybridized carbons (Fsp3) is 0.933. The highest BCUT2D eigenvalue weighted by Gasteiger charge is 2.29. The zero-order valence-electron chi connectivity index (χ0n) is 12.1. The van der Waals surface area contributed by atoms with Crippen LogP contribution in [0.25, 0.3) is 0 Å². The molecule has 1 amide bonds. The van der Waals surface area contributed by atoms with Gasteiger partial charge in [-0.15, -0.1) is 0 Å². The molecule has 1 aliphatic heterocycles. The highest BCUT2D eigenvalue weighted by atomic mass is 16.5. The molecule has 1 aliphatic carbocycles. The summed E-state index contributed by atoms with van der Waals surface area (Å²) in [6, 6.07) is 0.356. The smallest absolute Gasteiger partial charge is 0.220 e. The van der Waals surface area contributed by atoms with Gasteiger partial charge in [0.15, 0.2) is 0 Å². The van der Waals surface area contributed by atoms with Crippen molar-refractivity contribution >= 4 is 5.91 Å². The van der Waals surface area contributed by atoms with Crippen molar-refractivity contribution in [2.75, 3.05) is 13.2 Å². The molecule has 2 aliphatic rings. The monoisotopic (exact) mass is 268 g/mol. The Hall–Kier alpha value is -0.610. The zero-order valence-corrected chi connectivity index (χ0v) is 12.1. The molecule has 4 heteroatoms. The number of carbonyl (C=O) groups is 1. The summed E-state index contributed by atoms with van der Waals surface area (Å²) in [6.07, 6.45) is 8.20. The fourth-order valence-corrected chi connectivity index (χ4v) is 3.28. The maximum atomic E-state index is 12.1. The molecule has 0 aromatic carbocycles. The molecule has 0 radical (unpaired) electrons. The van der Waals surface area contributed by atoms with E-state index in [4.69, 9.17) is 10.5 Å². The van der Waals surface area contributed by atoms with Crippen molar-refractivity contribution in [1.82, 2.24) is 5.32 Å². The van der Waals surface area contributed by atoms with Gasteiger partial charge < -0.3 is 15.8 Å². The second-order valence-corrected chi connectivity index (χ2v) is 6.55. The maximum absolute atomic E-state index is 12.1. The van der Waals surface area contributed by atoms with Crippen molar-refractivity contribution in [2.24, 2.45) is 11.7 Å². The van der Waals surface area contributed by atoms with Crippen LogP contribution in [-0.4, -0.2) is 30.7 Å². The molecule has 4 nitrogen and oxygen atoms in total. The molecule has 0 bridgehead atoms. The summed E-state index contributed by atoms with van der Waals surface area (Å²) in [5.41, 5.74) is 5.93. The molecule has 1 heterocycles. The molecule has 0 spiro atoms. The fourth-order valence-electron chi connectivity index (χ4n) is 3.28. The van der Waals surface area contributed by atoms with Gasteiger partial charge in [0, 0.05) is 31.2 Å². The van der Waals surface area contributed by atoms with Crippen molar-refractivity contribution < 1.29 is 9.53 Å². The standard InChI is InChI=1S/C15H28N2O2/c1-15(7-9-19-10-8-15)17-14(18)6-5-12-3-2-4-13(16)11-12/h12-13H,2-11,16H2,1H3,(H,17,18). The van der Waals surface area contributed by atoms with E-state index in [-0.39, 0.29) is 11.4 Å². The summed E-state index contributed by atoms with van der Waals surface area (Å²) in [5.74, 6) is 0.848. The normalized spacial score (nSPS) is 30.8. The zero-order chi connectivity index (χ0) is 13.7. The van der Waals surface area contributed by atoms with Gasteiger partial charge in [0.2, 0.25) is 5.91 Å². The molecule has 1 saturated heterocycles. The van der Waals surface area contributed by atoms with Crippen LogP contribution in [0, 0.1) is 5.92 Å². The van der Waals surface area contributed by atoms with E-state index in [0.717, 1.165) is 45.3 Å². The lowest BCUT2D eigenvalue weighted by Gasteiger charge is -2.34. The van der Waals surface area contributed by atoms with E-state index in [1.807, 2.05) is 0 Å². The Balaban J connectivity index is 1.69. The Labute approximate surface area is 116 Å². The van der Waals surface area contributed by atoms with Crippen LogP contribution in [0.3, 0.4) is 0 Å². The summed E-state index contributed by atoms with van der Waals surface area (Å²) in [7, 11) is 0. The van der Waals surface area contributed by atoms with E-state index in [1.165, 1.54) is 12.8 Å². The summed E-state index contributed by atoms with van der Waals surface area (Å²) in [6.45, 7) is 3.65. The van der Waals surface area contributed by atoms with E-state index in [9.17, 15) is 4.79 Å². The topological polar surface area (TPSA) is 64.4 Å². The lowest BCUT2D eigenvalue weighted by atomic mass is 9.83. The van der Waals surface area contributed by atoms with Gasteiger partial charge in [0.25, 0.3) is 0 Å². The summed E-state index contributed by atoms with van der Waals surface area (Å²) < 4.78 is 5.35. The molecular weight excluding hydrogens is 240 g/mol. The molecular formula is C15H28N2O2. The molecule has 1 saturated carbocycles. The maximum Gasteiger partial charge on any atom is 0.220 e. The SMILES string of the molecule is CC1(NC(=O)CCC2CCCC(N)C2)CCOCC1. The predicted octanol–water partition coefficient (Wildman–Crippen LogP) is 1.97. The Kier molecular flexibility index (Phi) is 5.22. The first-order chi connectivity index (χ1) is 9.07. The first kappa shape index (κ1) is 14.8. The Morgan fingerprint density at radius 2 is 2.11 bits per heavy atom. The average Bonchev–Trinajstić information content (AvgIpc) is 2.37. The minimum atomic E-state index is -0.0572. The highest BCUT2D eigenvalue weighted by molar-refractivity contribution is 5.76. The molecule has 110 valence electrons. The largest absolute Gasteiger partial charge is 0.381 e. The van der Waals surface area contributed by atoms with Crippen LogP contribution in [-0.2, 0) is 9.53 Å². The average molecular weight is 268 g/mol. The number of nitrogens with one attached hydrogen (secondary N) is 1. The molecule has 3 N–H and O–H groups in total. The Bertz CT molecular complexity index is 301.